The summed E-state index contributed by atoms with van der Waals surface area (Å²) >= 11 is 0. The molecule has 1 aliphatic carbocycles. The summed E-state index contributed by atoms with van der Waals surface area (Å²) in [5, 5.41) is 12.7. The maximum absolute atomic E-state index is 13.4. The number of hydrogen-bond donors (Lipinski definition) is 2. The number of rotatable bonds is 6. The van der Waals surface area contributed by atoms with Crippen LogP contribution in [0.2, 0.25) is 0 Å². The van der Waals surface area contributed by atoms with Crippen LogP contribution in [0, 0.1) is 11.6 Å². The summed E-state index contributed by atoms with van der Waals surface area (Å²) < 4.78 is 26.2. The lowest BCUT2D eigenvalue weighted by molar-refractivity contribution is -0.122. The van der Waals surface area contributed by atoms with Crippen molar-refractivity contribution < 1.29 is 23.5 Å². The first-order valence-electron chi connectivity index (χ1n) is 7.37. The topological polar surface area (TPSA) is 66.4 Å². The average Bonchev–Trinajstić information content (AvgIpc) is 2.90. The van der Waals surface area contributed by atoms with E-state index in [4.69, 9.17) is 0 Å². The zero-order chi connectivity index (χ0) is 16.2. The molecule has 4 nitrogen and oxygen atoms in total. The number of amides is 1. The number of carbonyl (C=O) groups excluding carboxylic acids is 2. The lowest BCUT2D eigenvalue weighted by Gasteiger charge is -2.22. The van der Waals surface area contributed by atoms with E-state index < -0.39 is 23.0 Å². The third-order valence-electron chi connectivity index (χ3n) is 3.96. The van der Waals surface area contributed by atoms with Crippen LogP contribution < -0.4 is 5.32 Å². The zero-order valence-electron chi connectivity index (χ0n) is 12.2. The van der Waals surface area contributed by atoms with Gasteiger partial charge in [-0.3, -0.25) is 9.59 Å². The standard InChI is InChI=1S/C16H19F2NO3/c17-11-3-4-12(13(18)9-11)14(20)5-6-15(21)19-10-16(22)7-1-2-8-16/h3-4,9,22H,1-2,5-8,10H2,(H,19,21). The highest BCUT2D eigenvalue weighted by molar-refractivity contribution is 5.98. The normalized spacial score (nSPS) is 16.5. The van der Waals surface area contributed by atoms with E-state index in [1.165, 1.54) is 0 Å². The minimum Gasteiger partial charge on any atom is -0.388 e. The number of Topliss-reactive ketones (excluding diaryl/α,β-unsaturated/α-hetero) is 1. The molecule has 0 radical (unpaired) electrons. The van der Waals surface area contributed by atoms with Gasteiger partial charge in [-0.25, -0.2) is 8.78 Å². The van der Waals surface area contributed by atoms with Gasteiger partial charge in [0.1, 0.15) is 11.6 Å². The van der Waals surface area contributed by atoms with E-state index in [-0.39, 0.29) is 30.9 Å². The molecule has 22 heavy (non-hydrogen) atoms. The van der Waals surface area contributed by atoms with Gasteiger partial charge in [0.05, 0.1) is 11.2 Å². The van der Waals surface area contributed by atoms with E-state index in [9.17, 15) is 23.5 Å². The molecule has 0 aromatic heterocycles. The molecule has 120 valence electrons. The highest BCUT2D eigenvalue weighted by Crippen LogP contribution is 2.28. The van der Waals surface area contributed by atoms with Gasteiger partial charge in [0.25, 0.3) is 0 Å². The van der Waals surface area contributed by atoms with Crippen molar-refractivity contribution in [1.82, 2.24) is 5.32 Å². The molecule has 0 atom stereocenters. The fourth-order valence-electron chi connectivity index (χ4n) is 2.64. The van der Waals surface area contributed by atoms with Crippen LogP contribution in [0.25, 0.3) is 0 Å². The maximum atomic E-state index is 13.4. The van der Waals surface area contributed by atoms with Crippen LogP contribution in [0.5, 0.6) is 0 Å². The van der Waals surface area contributed by atoms with Crippen LogP contribution in [-0.4, -0.2) is 28.9 Å². The Morgan fingerprint density at radius 2 is 1.86 bits per heavy atom. The van der Waals surface area contributed by atoms with Crippen molar-refractivity contribution in [2.75, 3.05) is 6.54 Å². The van der Waals surface area contributed by atoms with Crippen molar-refractivity contribution in [3.8, 4) is 0 Å². The number of aliphatic hydroxyl groups is 1. The first-order valence-corrected chi connectivity index (χ1v) is 7.37. The number of halogens is 2. The quantitative estimate of drug-likeness (QED) is 0.793. The molecule has 0 heterocycles. The summed E-state index contributed by atoms with van der Waals surface area (Å²) in [5.74, 6) is -2.59. The lowest BCUT2D eigenvalue weighted by atomic mass is 10.0. The molecule has 0 bridgehead atoms. The van der Waals surface area contributed by atoms with Crippen molar-refractivity contribution in [1.29, 1.82) is 0 Å². The molecule has 1 fully saturated rings. The molecule has 0 spiro atoms. The summed E-state index contributed by atoms with van der Waals surface area (Å²) in [5.41, 5.74) is -1.06. The van der Waals surface area contributed by atoms with Crippen molar-refractivity contribution in [2.45, 2.75) is 44.1 Å². The predicted molar refractivity (Wildman–Crippen MR) is 76.4 cm³/mol. The van der Waals surface area contributed by atoms with Crippen molar-refractivity contribution >= 4 is 11.7 Å². The highest BCUT2D eigenvalue weighted by atomic mass is 19.1. The van der Waals surface area contributed by atoms with Gasteiger partial charge >= 0.3 is 0 Å². The van der Waals surface area contributed by atoms with Crippen LogP contribution in [-0.2, 0) is 4.79 Å². The van der Waals surface area contributed by atoms with E-state index in [0.29, 0.717) is 18.9 Å². The first kappa shape index (κ1) is 16.5. The minimum atomic E-state index is -0.925. The lowest BCUT2D eigenvalue weighted by Crippen LogP contribution is -2.40. The minimum absolute atomic E-state index is 0.0915. The number of benzene rings is 1. The molecule has 0 saturated heterocycles. The number of carbonyl (C=O) groups is 2. The Hall–Kier alpha value is -1.82. The molecule has 1 aliphatic rings. The van der Waals surface area contributed by atoms with Crippen molar-refractivity contribution in [3.63, 3.8) is 0 Å². The third kappa shape index (κ3) is 4.34. The second-order valence-electron chi connectivity index (χ2n) is 5.76. The predicted octanol–water partition coefficient (Wildman–Crippen LogP) is 2.35. The number of hydrogen-bond acceptors (Lipinski definition) is 3. The second-order valence-corrected chi connectivity index (χ2v) is 5.76. The molecular formula is C16H19F2NO3. The van der Waals surface area contributed by atoms with Gasteiger partial charge in [-0.15, -0.1) is 0 Å². The fraction of sp³-hybridized carbons (Fsp3) is 0.500. The summed E-state index contributed by atoms with van der Waals surface area (Å²) in [7, 11) is 0. The van der Waals surface area contributed by atoms with E-state index in [2.05, 4.69) is 5.32 Å². The molecule has 6 heteroatoms. The fourth-order valence-corrected chi connectivity index (χ4v) is 2.64. The molecule has 1 aromatic carbocycles. The molecule has 2 rings (SSSR count). The summed E-state index contributed by atoms with van der Waals surface area (Å²) in [6, 6.07) is 2.72. The molecule has 1 amide bonds. The first-order chi connectivity index (χ1) is 10.4. The van der Waals surface area contributed by atoms with Gasteiger partial charge < -0.3 is 10.4 Å². The molecule has 2 N–H and O–H groups in total. The molecule has 0 unspecified atom stereocenters. The second kappa shape index (κ2) is 6.96. The van der Waals surface area contributed by atoms with Gasteiger partial charge in [-0.05, 0) is 25.0 Å². The number of nitrogens with one attached hydrogen (secondary N) is 1. The summed E-state index contributed by atoms with van der Waals surface area (Å²) in [6.45, 7) is 0.172. The average molecular weight is 311 g/mol. The van der Waals surface area contributed by atoms with E-state index >= 15 is 0 Å². The van der Waals surface area contributed by atoms with Crippen LogP contribution in [0.15, 0.2) is 18.2 Å². The molecular weight excluding hydrogens is 292 g/mol. The highest BCUT2D eigenvalue weighted by Gasteiger charge is 2.31. The largest absolute Gasteiger partial charge is 0.388 e. The van der Waals surface area contributed by atoms with E-state index in [1.807, 2.05) is 0 Å². The molecule has 0 aliphatic heterocycles. The Bertz CT molecular complexity index is 569. The SMILES string of the molecule is O=C(CCC(=O)c1ccc(F)cc1F)NCC1(O)CCCC1. The maximum Gasteiger partial charge on any atom is 0.220 e. The van der Waals surface area contributed by atoms with Crippen LogP contribution in [0.1, 0.15) is 48.9 Å². The van der Waals surface area contributed by atoms with Gasteiger partial charge in [0.2, 0.25) is 5.91 Å². The van der Waals surface area contributed by atoms with Gasteiger partial charge in [0.15, 0.2) is 5.78 Å². The van der Waals surface area contributed by atoms with E-state index in [0.717, 1.165) is 25.0 Å². The third-order valence-corrected chi connectivity index (χ3v) is 3.96. The Balaban J connectivity index is 1.79. The Morgan fingerprint density at radius 3 is 2.50 bits per heavy atom. The Morgan fingerprint density at radius 1 is 1.18 bits per heavy atom. The van der Waals surface area contributed by atoms with Gasteiger partial charge in [-0.1, -0.05) is 12.8 Å². The van der Waals surface area contributed by atoms with E-state index in [1.54, 1.807) is 0 Å². The monoisotopic (exact) mass is 311 g/mol. The number of ketones is 1. The van der Waals surface area contributed by atoms with Crippen LogP contribution in [0.4, 0.5) is 8.78 Å². The van der Waals surface area contributed by atoms with Crippen molar-refractivity contribution in [3.05, 3.63) is 35.4 Å². The van der Waals surface area contributed by atoms with Crippen LogP contribution in [0.3, 0.4) is 0 Å². The van der Waals surface area contributed by atoms with Crippen LogP contribution >= 0.6 is 0 Å². The molecule has 1 saturated carbocycles. The van der Waals surface area contributed by atoms with Gasteiger partial charge in [0, 0.05) is 25.5 Å². The Labute approximate surface area is 127 Å². The smallest absolute Gasteiger partial charge is 0.220 e. The summed E-state index contributed by atoms with van der Waals surface area (Å²) in [6.07, 6.45) is 2.95. The Kier molecular flexibility index (Phi) is 5.24. The summed E-state index contributed by atoms with van der Waals surface area (Å²) in [4.78, 5) is 23.5. The molecule has 1 aromatic rings. The van der Waals surface area contributed by atoms with Gasteiger partial charge in [-0.2, -0.15) is 0 Å². The van der Waals surface area contributed by atoms with Crippen molar-refractivity contribution in [2.24, 2.45) is 0 Å². The zero-order valence-corrected chi connectivity index (χ0v) is 12.2.